The number of hydrogen-bond acceptors (Lipinski definition) is 5. The fourth-order valence-electron chi connectivity index (χ4n) is 3.36. The molecule has 108 valence electrons. The Balaban J connectivity index is 1.86. The molecule has 3 aliphatic rings. The number of carbonyl (C=O) groups excluding carboxylic acids is 1. The van der Waals surface area contributed by atoms with Crippen molar-refractivity contribution in [3.63, 3.8) is 0 Å². The van der Waals surface area contributed by atoms with Gasteiger partial charge in [0, 0.05) is 17.6 Å². The second-order valence-electron chi connectivity index (χ2n) is 6.11. The number of ether oxygens (including phenoxy) is 1. The molecule has 5 heteroatoms. The number of carbonyl (C=O) groups is 1. The van der Waals surface area contributed by atoms with E-state index in [0.717, 1.165) is 12.8 Å². The summed E-state index contributed by atoms with van der Waals surface area (Å²) in [5.41, 5.74) is 0.140. The van der Waals surface area contributed by atoms with Gasteiger partial charge in [0.05, 0.1) is 12.7 Å². The summed E-state index contributed by atoms with van der Waals surface area (Å²) in [6, 6.07) is 0. The smallest absolute Gasteiger partial charge is 0.220 e. The molecular weight excluding hydrogens is 280 g/mol. The van der Waals surface area contributed by atoms with E-state index in [1.54, 1.807) is 0 Å². The lowest BCUT2D eigenvalue weighted by atomic mass is 9.46. The Kier molecular flexibility index (Phi) is 4.58. The standard InChI is InChI=1S/C14H22O3S2/c1-4-17-13(18)19-7-11(15)9-5-8-6-10(12(9)16)14(8,2)3/h8-11,15H,4-7H2,1-3H3/t8-,9?,10-,11?/m0/s1. The zero-order chi connectivity index (χ0) is 14.2. The van der Waals surface area contributed by atoms with Gasteiger partial charge in [-0.2, -0.15) is 0 Å². The van der Waals surface area contributed by atoms with Gasteiger partial charge >= 0.3 is 0 Å². The van der Waals surface area contributed by atoms with Crippen LogP contribution in [0.25, 0.3) is 0 Å². The quantitative estimate of drug-likeness (QED) is 0.809. The van der Waals surface area contributed by atoms with Gasteiger partial charge in [-0.1, -0.05) is 25.6 Å². The fraction of sp³-hybridized carbons (Fsp3) is 0.857. The van der Waals surface area contributed by atoms with Crippen molar-refractivity contribution in [2.24, 2.45) is 23.2 Å². The van der Waals surface area contributed by atoms with Gasteiger partial charge in [0.2, 0.25) is 4.38 Å². The van der Waals surface area contributed by atoms with Crippen molar-refractivity contribution in [2.45, 2.75) is 39.7 Å². The number of aliphatic hydroxyl groups excluding tert-OH is 1. The Labute approximate surface area is 124 Å². The van der Waals surface area contributed by atoms with Crippen molar-refractivity contribution in [1.82, 2.24) is 0 Å². The first-order chi connectivity index (χ1) is 8.87. The summed E-state index contributed by atoms with van der Waals surface area (Å²) >= 11 is 6.34. The molecule has 0 aromatic heterocycles. The predicted molar refractivity (Wildman–Crippen MR) is 81.2 cm³/mol. The van der Waals surface area contributed by atoms with Gasteiger partial charge in [0.25, 0.3) is 0 Å². The van der Waals surface area contributed by atoms with E-state index in [1.165, 1.54) is 11.8 Å². The van der Waals surface area contributed by atoms with Crippen LogP contribution < -0.4 is 0 Å². The van der Waals surface area contributed by atoms with Crippen LogP contribution >= 0.6 is 24.0 Å². The van der Waals surface area contributed by atoms with Crippen LogP contribution in [0.1, 0.15) is 33.6 Å². The van der Waals surface area contributed by atoms with Crippen LogP contribution in [0, 0.1) is 23.2 Å². The molecular formula is C14H22O3S2. The lowest BCUT2D eigenvalue weighted by molar-refractivity contribution is -0.162. The molecule has 3 aliphatic carbocycles. The molecule has 2 bridgehead atoms. The number of rotatable bonds is 4. The van der Waals surface area contributed by atoms with Gasteiger partial charge in [-0.25, -0.2) is 0 Å². The zero-order valence-corrected chi connectivity index (χ0v) is 13.4. The second-order valence-corrected chi connectivity index (χ2v) is 7.73. The summed E-state index contributed by atoms with van der Waals surface area (Å²) in [5.74, 6) is 1.24. The maximum Gasteiger partial charge on any atom is 0.220 e. The average molecular weight is 302 g/mol. The van der Waals surface area contributed by atoms with E-state index in [2.05, 4.69) is 13.8 Å². The first-order valence-electron chi connectivity index (χ1n) is 6.89. The largest absolute Gasteiger partial charge is 0.479 e. The van der Waals surface area contributed by atoms with Crippen molar-refractivity contribution in [3.8, 4) is 0 Å². The maximum atomic E-state index is 12.4. The number of thioether (sulfide) groups is 1. The van der Waals surface area contributed by atoms with Crippen LogP contribution in [0.3, 0.4) is 0 Å². The molecule has 4 atom stereocenters. The summed E-state index contributed by atoms with van der Waals surface area (Å²) in [6.45, 7) is 6.77. The fourth-order valence-corrected chi connectivity index (χ4v) is 4.42. The third-order valence-electron chi connectivity index (χ3n) is 4.82. The van der Waals surface area contributed by atoms with Crippen LogP contribution in [0.2, 0.25) is 0 Å². The Morgan fingerprint density at radius 3 is 2.79 bits per heavy atom. The van der Waals surface area contributed by atoms with Gasteiger partial charge in [-0.05, 0) is 43.3 Å². The lowest BCUT2D eigenvalue weighted by Gasteiger charge is -2.58. The third-order valence-corrected chi connectivity index (χ3v) is 6.15. The molecule has 0 amide bonds. The zero-order valence-electron chi connectivity index (χ0n) is 11.7. The predicted octanol–water partition coefficient (Wildman–Crippen LogP) is 2.65. The van der Waals surface area contributed by atoms with E-state index in [9.17, 15) is 9.90 Å². The number of fused-ring (bicyclic) bond motifs is 2. The Morgan fingerprint density at radius 1 is 1.58 bits per heavy atom. The number of thiocarbonyl (C=S) groups is 1. The van der Waals surface area contributed by atoms with Gasteiger partial charge in [-0.15, -0.1) is 0 Å². The van der Waals surface area contributed by atoms with E-state index in [-0.39, 0.29) is 23.0 Å². The van der Waals surface area contributed by atoms with Crippen molar-refractivity contribution < 1.29 is 14.6 Å². The van der Waals surface area contributed by atoms with E-state index in [4.69, 9.17) is 17.0 Å². The molecule has 2 unspecified atom stereocenters. The molecule has 0 heterocycles. The van der Waals surface area contributed by atoms with Crippen molar-refractivity contribution in [3.05, 3.63) is 0 Å². The average Bonchev–Trinajstić information content (AvgIpc) is 2.35. The lowest BCUT2D eigenvalue weighted by Crippen LogP contribution is -2.58. The molecule has 0 radical (unpaired) electrons. The molecule has 0 saturated heterocycles. The first-order valence-corrected chi connectivity index (χ1v) is 8.28. The van der Waals surface area contributed by atoms with E-state index in [0.29, 0.717) is 22.7 Å². The van der Waals surface area contributed by atoms with Crippen LogP contribution in [-0.2, 0) is 9.53 Å². The first kappa shape index (κ1) is 15.3. The van der Waals surface area contributed by atoms with Crippen LogP contribution in [0.15, 0.2) is 0 Å². The Bertz CT molecular complexity index is 381. The molecule has 3 fully saturated rings. The normalized spacial score (nSPS) is 33.5. The van der Waals surface area contributed by atoms with Crippen molar-refractivity contribution in [1.29, 1.82) is 0 Å². The third kappa shape index (κ3) is 2.83. The highest BCUT2D eigenvalue weighted by Crippen LogP contribution is 2.59. The van der Waals surface area contributed by atoms with Crippen LogP contribution in [0.4, 0.5) is 0 Å². The van der Waals surface area contributed by atoms with Gasteiger partial charge in [0.1, 0.15) is 5.78 Å². The monoisotopic (exact) mass is 302 g/mol. The minimum Gasteiger partial charge on any atom is -0.479 e. The molecule has 0 spiro atoms. The number of Topliss-reactive ketones (excluding diaryl/α,β-unsaturated/α-hetero) is 1. The summed E-state index contributed by atoms with van der Waals surface area (Å²) in [5, 5.41) is 10.2. The van der Waals surface area contributed by atoms with Crippen molar-refractivity contribution >= 4 is 34.1 Å². The molecule has 1 N–H and O–H groups in total. The topological polar surface area (TPSA) is 46.5 Å². The molecule has 3 saturated carbocycles. The summed E-state index contributed by atoms with van der Waals surface area (Å²) < 4.78 is 5.62. The number of ketones is 1. The van der Waals surface area contributed by atoms with Gasteiger partial charge < -0.3 is 9.84 Å². The Morgan fingerprint density at radius 2 is 2.26 bits per heavy atom. The highest BCUT2D eigenvalue weighted by Gasteiger charge is 2.58. The summed E-state index contributed by atoms with van der Waals surface area (Å²) in [4.78, 5) is 12.4. The van der Waals surface area contributed by atoms with Crippen LogP contribution in [0.5, 0.6) is 0 Å². The Hall–Kier alpha value is -0.130. The van der Waals surface area contributed by atoms with E-state index < -0.39 is 6.10 Å². The highest BCUT2D eigenvalue weighted by molar-refractivity contribution is 8.22. The minimum atomic E-state index is -0.600. The van der Waals surface area contributed by atoms with E-state index >= 15 is 0 Å². The second kappa shape index (κ2) is 5.70. The van der Waals surface area contributed by atoms with Gasteiger partial charge in [0.15, 0.2) is 0 Å². The number of aliphatic hydroxyl groups is 1. The molecule has 0 aromatic rings. The molecule has 19 heavy (non-hydrogen) atoms. The van der Waals surface area contributed by atoms with Crippen LogP contribution in [-0.4, -0.2) is 33.7 Å². The summed E-state index contributed by atoms with van der Waals surface area (Å²) in [7, 11) is 0. The summed E-state index contributed by atoms with van der Waals surface area (Å²) in [6.07, 6.45) is 1.24. The molecule has 3 rings (SSSR count). The molecule has 0 aliphatic heterocycles. The van der Waals surface area contributed by atoms with Gasteiger partial charge in [-0.3, -0.25) is 4.79 Å². The minimum absolute atomic E-state index is 0.140. The molecule has 3 nitrogen and oxygen atoms in total. The maximum absolute atomic E-state index is 12.4. The highest BCUT2D eigenvalue weighted by atomic mass is 32.2. The number of hydrogen-bond donors (Lipinski definition) is 1. The molecule has 0 aromatic carbocycles. The SMILES string of the molecule is CCOC(=S)SCC(O)C1C[C@H]2C[C@@H](C1=O)C2(C)C. The van der Waals surface area contributed by atoms with Crippen molar-refractivity contribution in [2.75, 3.05) is 12.4 Å². The van der Waals surface area contributed by atoms with E-state index in [1.807, 2.05) is 6.92 Å².